The quantitative estimate of drug-likeness (QED) is 0.545. The standard InChI is InChI=1S/C10H16N4O/c1-11-9-12-8(15)10(13-9)3-5-14-4-2-7(10)6-14/h7H,2-6H2,1H3,(H2,11,12,13,15). The first-order chi connectivity index (χ1) is 7.24. The molecule has 0 aliphatic carbocycles. The highest BCUT2D eigenvalue weighted by Gasteiger charge is 2.54. The number of carbonyl (C=O) groups excluding carboxylic acids is 1. The van der Waals surface area contributed by atoms with Gasteiger partial charge in [-0.05, 0) is 19.4 Å². The first kappa shape index (κ1) is 9.15. The number of nitrogens with zero attached hydrogens (tertiary/aromatic N) is 2. The summed E-state index contributed by atoms with van der Waals surface area (Å²) in [5, 5.41) is 6.12. The third kappa shape index (κ3) is 1.13. The van der Waals surface area contributed by atoms with E-state index in [1.807, 2.05) is 0 Å². The van der Waals surface area contributed by atoms with Gasteiger partial charge in [-0.25, -0.2) is 0 Å². The van der Waals surface area contributed by atoms with Gasteiger partial charge in [-0.1, -0.05) is 0 Å². The van der Waals surface area contributed by atoms with Crippen molar-refractivity contribution in [2.75, 3.05) is 26.7 Å². The van der Waals surface area contributed by atoms with Gasteiger partial charge in [0.05, 0.1) is 0 Å². The molecule has 0 saturated carbocycles. The van der Waals surface area contributed by atoms with Gasteiger partial charge in [-0.3, -0.25) is 15.1 Å². The highest BCUT2D eigenvalue weighted by Crippen LogP contribution is 2.37. The van der Waals surface area contributed by atoms with Crippen LogP contribution in [-0.2, 0) is 4.79 Å². The molecule has 3 atom stereocenters. The first-order valence-electron chi connectivity index (χ1n) is 5.53. The van der Waals surface area contributed by atoms with Crippen LogP contribution in [-0.4, -0.2) is 49.0 Å². The molecule has 3 fully saturated rings. The number of carbonyl (C=O) groups is 1. The van der Waals surface area contributed by atoms with Crippen LogP contribution in [0, 0.1) is 5.92 Å². The third-order valence-corrected chi connectivity index (χ3v) is 3.99. The van der Waals surface area contributed by atoms with Gasteiger partial charge in [-0.15, -0.1) is 0 Å². The van der Waals surface area contributed by atoms with E-state index in [9.17, 15) is 4.79 Å². The Morgan fingerprint density at radius 1 is 1.53 bits per heavy atom. The fraction of sp³-hybridized carbons (Fsp3) is 0.800. The van der Waals surface area contributed by atoms with Gasteiger partial charge in [0, 0.05) is 26.1 Å². The van der Waals surface area contributed by atoms with E-state index in [0.29, 0.717) is 11.9 Å². The lowest BCUT2D eigenvalue weighted by atomic mass is 9.79. The molecule has 3 aliphatic rings. The second-order valence-corrected chi connectivity index (χ2v) is 4.66. The summed E-state index contributed by atoms with van der Waals surface area (Å²) in [5.74, 6) is 1.21. The zero-order valence-corrected chi connectivity index (χ0v) is 8.92. The molecule has 1 amide bonds. The molecule has 2 N–H and O–H groups in total. The Morgan fingerprint density at radius 2 is 2.40 bits per heavy atom. The second-order valence-electron chi connectivity index (χ2n) is 4.66. The van der Waals surface area contributed by atoms with Crippen molar-refractivity contribution in [2.24, 2.45) is 10.9 Å². The van der Waals surface area contributed by atoms with E-state index < -0.39 is 0 Å². The highest BCUT2D eigenvalue weighted by atomic mass is 16.2. The van der Waals surface area contributed by atoms with Crippen LogP contribution in [0.3, 0.4) is 0 Å². The van der Waals surface area contributed by atoms with E-state index in [1.54, 1.807) is 7.05 Å². The lowest BCUT2D eigenvalue weighted by molar-refractivity contribution is -0.126. The number of fused-ring (bicyclic) bond motifs is 3. The summed E-state index contributed by atoms with van der Waals surface area (Å²) < 4.78 is 0. The largest absolute Gasteiger partial charge is 0.341 e. The van der Waals surface area contributed by atoms with Gasteiger partial charge in [0.2, 0.25) is 0 Å². The van der Waals surface area contributed by atoms with Gasteiger partial charge in [0.15, 0.2) is 5.96 Å². The Morgan fingerprint density at radius 3 is 3.13 bits per heavy atom. The van der Waals surface area contributed by atoms with Crippen LogP contribution in [0.25, 0.3) is 0 Å². The first-order valence-corrected chi connectivity index (χ1v) is 5.53. The summed E-state index contributed by atoms with van der Waals surface area (Å²) >= 11 is 0. The zero-order chi connectivity index (χ0) is 10.5. The molecule has 15 heavy (non-hydrogen) atoms. The van der Waals surface area contributed by atoms with Crippen LogP contribution in [0.1, 0.15) is 12.8 Å². The number of rotatable bonds is 0. The maximum Gasteiger partial charge on any atom is 0.252 e. The highest BCUT2D eigenvalue weighted by molar-refractivity contribution is 6.09. The van der Waals surface area contributed by atoms with Gasteiger partial charge < -0.3 is 10.2 Å². The van der Waals surface area contributed by atoms with Crippen LogP contribution in [0.2, 0.25) is 0 Å². The van der Waals surface area contributed by atoms with Crippen molar-refractivity contribution >= 4 is 11.9 Å². The Balaban J connectivity index is 1.93. The van der Waals surface area contributed by atoms with Crippen molar-refractivity contribution in [2.45, 2.75) is 18.4 Å². The number of nitrogens with one attached hydrogen (secondary N) is 2. The maximum absolute atomic E-state index is 12.0. The molecular weight excluding hydrogens is 192 g/mol. The van der Waals surface area contributed by atoms with E-state index in [2.05, 4.69) is 20.5 Å². The molecule has 0 aromatic rings. The molecule has 5 nitrogen and oxygen atoms in total. The lowest BCUT2D eigenvalue weighted by Gasteiger charge is -2.37. The fourth-order valence-electron chi connectivity index (χ4n) is 3.07. The Labute approximate surface area is 88.9 Å². The van der Waals surface area contributed by atoms with E-state index >= 15 is 0 Å². The molecule has 5 heteroatoms. The number of aliphatic imine (C=N–C) groups is 1. The molecule has 0 radical (unpaired) electrons. The summed E-state index contributed by atoms with van der Waals surface area (Å²) in [6.45, 7) is 3.21. The minimum absolute atomic E-state index is 0.120. The average Bonchev–Trinajstić information content (AvgIpc) is 2.77. The van der Waals surface area contributed by atoms with E-state index in [0.717, 1.165) is 32.5 Å². The molecule has 1 spiro atoms. The van der Waals surface area contributed by atoms with Crippen LogP contribution in [0.15, 0.2) is 4.99 Å². The fourth-order valence-corrected chi connectivity index (χ4v) is 3.07. The van der Waals surface area contributed by atoms with E-state index in [1.165, 1.54) is 0 Å². The van der Waals surface area contributed by atoms with Crippen LogP contribution in [0.4, 0.5) is 0 Å². The Bertz CT molecular complexity index is 340. The second kappa shape index (κ2) is 2.95. The SMILES string of the molecule is CN=C1NC(=O)C2(CCN3CCC2C3)N1. The maximum atomic E-state index is 12.0. The minimum Gasteiger partial charge on any atom is -0.341 e. The number of hydrogen-bond acceptors (Lipinski definition) is 3. The normalized spacial score (nSPS) is 45.9. The third-order valence-electron chi connectivity index (χ3n) is 3.99. The number of amides is 1. The summed E-state index contributed by atoms with van der Waals surface area (Å²) in [4.78, 5) is 18.5. The van der Waals surface area contributed by atoms with Crippen molar-refractivity contribution in [1.29, 1.82) is 0 Å². The van der Waals surface area contributed by atoms with E-state index in [4.69, 9.17) is 0 Å². The molecule has 3 saturated heterocycles. The zero-order valence-electron chi connectivity index (χ0n) is 8.92. The van der Waals surface area contributed by atoms with Gasteiger partial charge in [0.25, 0.3) is 5.91 Å². The van der Waals surface area contributed by atoms with Gasteiger partial charge in [0.1, 0.15) is 5.54 Å². The average molecular weight is 208 g/mol. The van der Waals surface area contributed by atoms with Gasteiger partial charge in [-0.2, -0.15) is 0 Å². The molecule has 0 aromatic heterocycles. The number of guanidine groups is 1. The molecular formula is C10H16N4O. The van der Waals surface area contributed by atoms with Gasteiger partial charge >= 0.3 is 0 Å². The number of piperidine rings is 1. The van der Waals surface area contributed by atoms with E-state index in [-0.39, 0.29) is 11.4 Å². The predicted molar refractivity (Wildman–Crippen MR) is 56.5 cm³/mol. The van der Waals surface area contributed by atoms with Crippen LogP contribution >= 0.6 is 0 Å². The summed E-state index contributed by atoms with van der Waals surface area (Å²) in [6, 6.07) is 0. The topological polar surface area (TPSA) is 56.7 Å². The monoisotopic (exact) mass is 208 g/mol. The molecule has 3 unspecified atom stereocenters. The lowest BCUT2D eigenvalue weighted by Crippen LogP contribution is -2.57. The predicted octanol–water partition coefficient (Wildman–Crippen LogP) is -0.844. The number of hydrogen-bond donors (Lipinski definition) is 2. The smallest absolute Gasteiger partial charge is 0.252 e. The molecule has 3 aliphatic heterocycles. The van der Waals surface area contributed by atoms with Crippen molar-refractivity contribution in [3.8, 4) is 0 Å². The molecule has 82 valence electrons. The minimum atomic E-state index is -0.359. The molecule has 3 rings (SSSR count). The van der Waals surface area contributed by atoms with Crippen molar-refractivity contribution in [3.05, 3.63) is 0 Å². The summed E-state index contributed by atoms with van der Waals surface area (Å²) in [7, 11) is 1.70. The van der Waals surface area contributed by atoms with Crippen LogP contribution in [0.5, 0.6) is 0 Å². The van der Waals surface area contributed by atoms with Crippen molar-refractivity contribution < 1.29 is 4.79 Å². The Hall–Kier alpha value is -1.10. The van der Waals surface area contributed by atoms with Crippen molar-refractivity contribution in [3.63, 3.8) is 0 Å². The Kier molecular flexibility index (Phi) is 1.80. The van der Waals surface area contributed by atoms with Crippen molar-refractivity contribution in [1.82, 2.24) is 15.5 Å². The summed E-state index contributed by atoms with van der Waals surface area (Å²) in [6.07, 6.45) is 2.03. The molecule has 0 aromatic carbocycles. The molecule has 2 bridgehead atoms. The molecule has 3 heterocycles. The summed E-state index contributed by atoms with van der Waals surface area (Å²) in [5.41, 5.74) is -0.359. The van der Waals surface area contributed by atoms with Crippen LogP contribution < -0.4 is 10.6 Å².